The van der Waals surface area contributed by atoms with Crippen molar-refractivity contribution in [2.75, 3.05) is 0 Å². The summed E-state index contributed by atoms with van der Waals surface area (Å²) in [5, 5.41) is 0. The van der Waals surface area contributed by atoms with E-state index in [9.17, 15) is 18.0 Å². The minimum absolute atomic E-state index is 0.0947. The molecule has 2 bridgehead atoms. The molecule has 3 unspecified atom stereocenters. The van der Waals surface area contributed by atoms with E-state index in [1.165, 1.54) is 0 Å². The van der Waals surface area contributed by atoms with Crippen LogP contribution in [0.2, 0.25) is 0 Å². The SMILES string of the molecule is C[C@@H]1CC[C@H]2[C@@H](C)C(OC(=O)C(F)(F)F)O[C@@H]3OC4(C)CC[C@@H]1C32OO4. The number of halogens is 3. The number of hydrogen-bond acceptors (Lipinski definition) is 6. The van der Waals surface area contributed by atoms with Crippen molar-refractivity contribution >= 4 is 5.97 Å². The molecule has 0 aromatic heterocycles. The number of fused-ring (bicyclic) bond motifs is 2. The Balaban J connectivity index is 1.67. The first-order valence-electron chi connectivity index (χ1n) is 9.05. The molecule has 8 atom stereocenters. The molecular weight excluding hydrogens is 357 g/mol. The highest BCUT2D eigenvalue weighted by molar-refractivity contribution is 5.75. The molecule has 0 amide bonds. The minimum Gasteiger partial charge on any atom is -0.429 e. The van der Waals surface area contributed by atoms with E-state index in [4.69, 9.17) is 19.2 Å². The lowest BCUT2D eigenvalue weighted by Crippen LogP contribution is -2.70. The molecule has 0 radical (unpaired) electrons. The first-order chi connectivity index (χ1) is 12.1. The molecular formula is C17H23F3O6. The molecule has 5 rings (SSSR count). The molecule has 148 valence electrons. The maximum absolute atomic E-state index is 12.6. The van der Waals surface area contributed by atoms with E-state index in [-0.39, 0.29) is 11.8 Å². The number of carbonyl (C=O) groups excluding carboxylic acids is 1. The number of alkyl halides is 3. The fourth-order valence-electron chi connectivity index (χ4n) is 5.18. The summed E-state index contributed by atoms with van der Waals surface area (Å²) in [6.45, 7) is 5.57. The standard InChI is InChI=1S/C17H23F3O6/c1-8-4-5-11-9(2)12(22-13(21)17(18,19)20)23-14-16(11)10(8)6-7-15(3,24-14)25-26-16/h8-12,14H,4-7H2,1-3H3/t8-,9-,10+,11+,12?,14-,15?,16?/m1/s1. The Bertz CT molecular complexity index is 598. The van der Waals surface area contributed by atoms with Gasteiger partial charge in [0.25, 0.3) is 0 Å². The van der Waals surface area contributed by atoms with Crippen molar-refractivity contribution < 1.29 is 42.0 Å². The predicted octanol–water partition coefficient (Wildman–Crippen LogP) is 3.30. The molecule has 1 saturated carbocycles. The minimum atomic E-state index is -5.07. The number of esters is 1. The van der Waals surface area contributed by atoms with E-state index in [0.717, 1.165) is 12.8 Å². The van der Waals surface area contributed by atoms with Gasteiger partial charge >= 0.3 is 12.1 Å². The lowest BCUT2D eigenvalue weighted by atomic mass is 9.58. The van der Waals surface area contributed by atoms with Gasteiger partial charge in [-0.3, -0.25) is 0 Å². The molecule has 5 fully saturated rings. The van der Waals surface area contributed by atoms with E-state index in [2.05, 4.69) is 11.7 Å². The Labute approximate surface area is 149 Å². The second-order valence-corrected chi connectivity index (χ2v) is 8.18. The predicted molar refractivity (Wildman–Crippen MR) is 79.0 cm³/mol. The smallest absolute Gasteiger partial charge is 0.429 e. The van der Waals surface area contributed by atoms with Crippen LogP contribution in [0.1, 0.15) is 46.5 Å². The zero-order chi connectivity index (χ0) is 18.9. The van der Waals surface area contributed by atoms with Crippen LogP contribution in [0, 0.1) is 23.7 Å². The monoisotopic (exact) mass is 380 g/mol. The Morgan fingerprint density at radius 3 is 2.54 bits per heavy atom. The zero-order valence-electron chi connectivity index (χ0n) is 14.9. The maximum Gasteiger partial charge on any atom is 0.491 e. The van der Waals surface area contributed by atoms with Crippen molar-refractivity contribution in [2.45, 2.75) is 76.6 Å². The summed E-state index contributed by atoms with van der Waals surface area (Å²) in [7, 11) is 0. The van der Waals surface area contributed by atoms with Crippen LogP contribution in [0.15, 0.2) is 0 Å². The van der Waals surface area contributed by atoms with Crippen LogP contribution >= 0.6 is 0 Å². The molecule has 26 heavy (non-hydrogen) atoms. The van der Waals surface area contributed by atoms with E-state index >= 15 is 0 Å². The molecule has 1 aliphatic carbocycles. The summed E-state index contributed by atoms with van der Waals surface area (Å²) in [5.74, 6) is -3.54. The fraction of sp³-hybridized carbons (Fsp3) is 0.941. The van der Waals surface area contributed by atoms with Crippen molar-refractivity contribution in [3.05, 3.63) is 0 Å². The third-order valence-electron chi connectivity index (χ3n) is 6.55. The van der Waals surface area contributed by atoms with E-state index in [1.807, 2.05) is 0 Å². The van der Waals surface area contributed by atoms with E-state index in [0.29, 0.717) is 18.8 Å². The highest BCUT2D eigenvalue weighted by atomic mass is 19.4. The summed E-state index contributed by atoms with van der Waals surface area (Å²) in [5.41, 5.74) is -0.895. The molecule has 1 spiro atoms. The average Bonchev–Trinajstić information content (AvgIpc) is 2.77. The quantitative estimate of drug-likeness (QED) is 0.514. The van der Waals surface area contributed by atoms with Crippen molar-refractivity contribution in [1.82, 2.24) is 0 Å². The molecule has 0 aromatic carbocycles. The summed E-state index contributed by atoms with van der Waals surface area (Å²) in [6.07, 6.45) is -4.33. The molecule has 4 saturated heterocycles. The first kappa shape index (κ1) is 18.5. The van der Waals surface area contributed by atoms with Crippen molar-refractivity contribution in [3.8, 4) is 0 Å². The highest BCUT2D eigenvalue weighted by Crippen LogP contribution is 2.60. The Kier molecular flexibility index (Phi) is 4.12. The molecule has 6 nitrogen and oxygen atoms in total. The van der Waals surface area contributed by atoms with Gasteiger partial charge in [-0.05, 0) is 38.0 Å². The third-order valence-corrected chi connectivity index (χ3v) is 6.55. The van der Waals surface area contributed by atoms with Crippen LogP contribution in [0.3, 0.4) is 0 Å². The van der Waals surface area contributed by atoms with Gasteiger partial charge in [-0.15, -0.1) is 0 Å². The van der Waals surface area contributed by atoms with Crippen LogP contribution in [0.5, 0.6) is 0 Å². The van der Waals surface area contributed by atoms with Crippen LogP contribution in [-0.2, 0) is 28.8 Å². The van der Waals surface area contributed by atoms with Gasteiger partial charge in [-0.25, -0.2) is 14.6 Å². The lowest BCUT2D eigenvalue weighted by molar-refractivity contribution is -0.576. The Morgan fingerprint density at radius 2 is 1.85 bits per heavy atom. The summed E-state index contributed by atoms with van der Waals surface area (Å²) in [6, 6.07) is 0. The Hall–Kier alpha value is -0.900. The van der Waals surface area contributed by atoms with Crippen molar-refractivity contribution in [1.29, 1.82) is 0 Å². The average molecular weight is 380 g/mol. The molecule has 9 heteroatoms. The second kappa shape index (κ2) is 5.80. The number of ether oxygens (including phenoxy) is 3. The number of carbonyl (C=O) groups is 1. The molecule has 5 aliphatic rings. The summed E-state index contributed by atoms with van der Waals surface area (Å²) < 4.78 is 54.3. The van der Waals surface area contributed by atoms with Gasteiger partial charge < -0.3 is 14.2 Å². The van der Waals surface area contributed by atoms with Gasteiger partial charge in [0.1, 0.15) is 0 Å². The lowest BCUT2D eigenvalue weighted by Gasteiger charge is -2.59. The van der Waals surface area contributed by atoms with Gasteiger partial charge in [0, 0.05) is 18.3 Å². The zero-order valence-corrected chi connectivity index (χ0v) is 14.9. The fourth-order valence-corrected chi connectivity index (χ4v) is 5.18. The van der Waals surface area contributed by atoms with E-state index < -0.39 is 42.0 Å². The molecule has 0 N–H and O–H groups in total. The largest absolute Gasteiger partial charge is 0.491 e. The summed E-state index contributed by atoms with van der Waals surface area (Å²) in [4.78, 5) is 22.8. The van der Waals surface area contributed by atoms with Gasteiger partial charge in [-0.2, -0.15) is 13.2 Å². The topological polar surface area (TPSA) is 63.2 Å². The normalized spacial score (nSPS) is 50.7. The van der Waals surface area contributed by atoms with Crippen LogP contribution in [-0.4, -0.2) is 36.1 Å². The van der Waals surface area contributed by atoms with Crippen LogP contribution < -0.4 is 0 Å². The summed E-state index contributed by atoms with van der Waals surface area (Å²) >= 11 is 0. The van der Waals surface area contributed by atoms with Gasteiger partial charge in [-0.1, -0.05) is 13.8 Å². The van der Waals surface area contributed by atoms with Crippen LogP contribution in [0.25, 0.3) is 0 Å². The van der Waals surface area contributed by atoms with Gasteiger partial charge in [0.05, 0.1) is 0 Å². The van der Waals surface area contributed by atoms with Crippen LogP contribution in [0.4, 0.5) is 13.2 Å². The maximum atomic E-state index is 12.6. The Morgan fingerprint density at radius 1 is 1.12 bits per heavy atom. The van der Waals surface area contributed by atoms with Gasteiger partial charge in [0.15, 0.2) is 11.9 Å². The number of rotatable bonds is 1. The highest BCUT2D eigenvalue weighted by Gasteiger charge is 2.70. The van der Waals surface area contributed by atoms with Crippen molar-refractivity contribution in [2.24, 2.45) is 23.7 Å². The van der Waals surface area contributed by atoms with Crippen molar-refractivity contribution in [3.63, 3.8) is 0 Å². The third kappa shape index (κ3) is 2.58. The number of hydrogen-bond donors (Lipinski definition) is 0. The second-order valence-electron chi connectivity index (χ2n) is 8.18. The molecule has 0 aromatic rings. The van der Waals surface area contributed by atoms with Gasteiger partial charge in [0.2, 0.25) is 12.1 Å². The van der Waals surface area contributed by atoms with E-state index in [1.54, 1.807) is 13.8 Å². The molecule has 4 aliphatic heterocycles. The molecule has 4 heterocycles. The first-order valence-corrected chi connectivity index (χ1v) is 9.05.